The topological polar surface area (TPSA) is 66.2 Å². The number of aliphatic hydroxyl groups excluding tert-OH is 2. The molecule has 0 amide bonds. The van der Waals surface area contributed by atoms with Crippen LogP contribution in [0.3, 0.4) is 0 Å². The molecule has 0 unspecified atom stereocenters. The van der Waals surface area contributed by atoms with Crippen LogP contribution in [-0.2, 0) is 0 Å². The van der Waals surface area contributed by atoms with Gasteiger partial charge in [-0.05, 0) is 37.6 Å². The number of aliphatic hydroxyl groups is 2. The monoisotopic (exact) mass is 372 g/mol. The fraction of sp³-hybridized carbons (Fsp3) is 0.263. The molecule has 0 aliphatic carbocycles. The summed E-state index contributed by atoms with van der Waals surface area (Å²) in [5.74, 6) is 0. The van der Waals surface area contributed by atoms with Gasteiger partial charge >= 0.3 is 0 Å². The number of hydrogen-bond acceptors (Lipinski definition) is 6. The molecule has 0 bridgehead atoms. The molecule has 0 saturated heterocycles. The quantitative estimate of drug-likeness (QED) is 0.526. The summed E-state index contributed by atoms with van der Waals surface area (Å²) in [7, 11) is 0. The van der Waals surface area contributed by atoms with Crippen LogP contribution >= 0.6 is 22.7 Å². The molecule has 2 atom stereocenters. The Morgan fingerprint density at radius 3 is 1.80 bits per heavy atom. The van der Waals surface area contributed by atoms with Crippen molar-refractivity contribution in [3.8, 4) is 0 Å². The molecule has 4 aromatic rings. The van der Waals surface area contributed by atoms with Crippen molar-refractivity contribution in [2.24, 2.45) is 0 Å². The van der Waals surface area contributed by atoms with Crippen LogP contribution in [0.25, 0.3) is 20.4 Å². The minimum absolute atomic E-state index is 0.405. The van der Waals surface area contributed by atoms with Crippen molar-refractivity contribution >= 4 is 43.1 Å². The Morgan fingerprint density at radius 2 is 1.32 bits per heavy atom. The summed E-state index contributed by atoms with van der Waals surface area (Å²) in [6.45, 7) is 3.69. The van der Waals surface area contributed by atoms with Gasteiger partial charge in [-0.2, -0.15) is 0 Å². The van der Waals surface area contributed by atoms with Crippen LogP contribution in [-0.4, -0.2) is 20.2 Å². The van der Waals surface area contributed by atoms with Gasteiger partial charge in [0.05, 0.1) is 20.4 Å². The molecule has 2 N–H and O–H groups in total. The number of benzene rings is 2. The maximum Gasteiger partial charge on any atom is 0.122 e. The second kappa shape index (κ2) is 8.01. The summed E-state index contributed by atoms with van der Waals surface area (Å²) in [4.78, 5) is 8.63. The van der Waals surface area contributed by atoms with Crippen molar-refractivity contribution < 1.29 is 10.2 Å². The molecule has 2 heterocycles. The highest BCUT2D eigenvalue weighted by molar-refractivity contribution is 7.18. The Kier molecular flexibility index (Phi) is 5.75. The molecule has 0 spiro atoms. The number of nitrogens with zero attached hydrogens (tertiary/aromatic N) is 2. The second-order valence-corrected chi connectivity index (χ2v) is 7.76. The lowest BCUT2D eigenvalue weighted by Crippen LogP contribution is -1.92. The van der Waals surface area contributed by atoms with Crippen molar-refractivity contribution in [1.29, 1.82) is 0 Å². The number of hydrogen-bond donors (Lipinski definition) is 2. The highest BCUT2D eigenvalue weighted by Crippen LogP contribution is 2.27. The molecule has 0 aliphatic heterocycles. The fourth-order valence-electron chi connectivity index (χ4n) is 2.28. The molecule has 4 nitrogen and oxygen atoms in total. The molecule has 25 heavy (non-hydrogen) atoms. The van der Waals surface area contributed by atoms with E-state index < -0.39 is 12.2 Å². The van der Waals surface area contributed by atoms with Crippen molar-refractivity contribution in [3.63, 3.8) is 0 Å². The standard InChI is InChI=1S/C10H11NOS.C9H9NOS/c1-2-8(12)10-11-7-5-3-4-6-9(7)13-10;1-6(11)9-10-7-4-2-3-5-8(7)12-9/h3-6,8,12H,2H2,1H3;2-6,11H,1H3/t8-;6-/m01/s1. The molecule has 2 aromatic heterocycles. The molecule has 0 radical (unpaired) electrons. The summed E-state index contributed by atoms with van der Waals surface area (Å²) in [6.07, 6.45) is -0.139. The lowest BCUT2D eigenvalue weighted by atomic mass is 10.3. The molecule has 130 valence electrons. The lowest BCUT2D eigenvalue weighted by molar-refractivity contribution is 0.173. The minimum Gasteiger partial charge on any atom is -0.386 e. The van der Waals surface area contributed by atoms with E-state index in [1.54, 1.807) is 29.6 Å². The number of aromatic nitrogens is 2. The van der Waals surface area contributed by atoms with Gasteiger partial charge < -0.3 is 10.2 Å². The van der Waals surface area contributed by atoms with E-state index in [0.29, 0.717) is 0 Å². The van der Waals surface area contributed by atoms with Gasteiger partial charge in [-0.25, -0.2) is 9.97 Å². The van der Waals surface area contributed by atoms with Crippen molar-refractivity contribution in [2.75, 3.05) is 0 Å². The van der Waals surface area contributed by atoms with Crippen LogP contribution in [0.5, 0.6) is 0 Å². The SMILES string of the molecule is CC[C@H](O)c1nc2ccccc2s1.C[C@@H](O)c1nc2ccccc2s1. The highest BCUT2D eigenvalue weighted by Gasteiger charge is 2.10. The molecule has 6 heteroatoms. The summed E-state index contributed by atoms with van der Waals surface area (Å²) in [6, 6.07) is 15.8. The Labute approximate surface area is 154 Å². The largest absolute Gasteiger partial charge is 0.386 e. The molecule has 2 aromatic carbocycles. The average Bonchev–Trinajstić information content (AvgIpc) is 3.25. The zero-order valence-corrected chi connectivity index (χ0v) is 15.7. The molecule has 0 fully saturated rings. The molecular weight excluding hydrogens is 352 g/mol. The van der Waals surface area contributed by atoms with Crippen LogP contribution < -0.4 is 0 Å². The van der Waals surface area contributed by atoms with Crippen molar-refractivity contribution in [1.82, 2.24) is 9.97 Å². The summed E-state index contributed by atoms with van der Waals surface area (Å²) < 4.78 is 2.28. The third-order valence-corrected chi connectivity index (χ3v) is 5.99. The van der Waals surface area contributed by atoms with Crippen LogP contribution in [0, 0.1) is 0 Å². The first-order valence-corrected chi connectivity index (χ1v) is 9.79. The first-order valence-electron chi connectivity index (χ1n) is 8.15. The van der Waals surface area contributed by atoms with E-state index >= 15 is 0 Å². The predicted molar refractivity (Wildman–Crippen MR) is 105 cm³/mol. The Balaban J connectivity index is 0.000000146. The van der Waals surface area contributed by atoms with E-state index in [9.17, 15) is 10.2 Å². The van der Waals surface area contributed by atoms with Gasteiger partial charge in [0.25, 0.3) is 0 Å². The zero-order valence-electron chi connectivity index (χ0n) is 14.1. The third-order valence-electron chi connectivity index (χ3n) is 3.65. The summed E-state index contributed by atoms with van der Waals surface area (Å²) >= 11 is 3.11. The Morgan fingerprint density at radius 1 is 0.840 bits per heavy atom. The van der Waals surface area contributed by atoms with Crippen LogP contribution in [0.2, 0.25) is 0 Å². The number of para-hydroxylation sites is 2. The first-order chi connectivity index (χ1) is 12.1. The van der Waals surface area contributed by atoms with E-state index in [0.717, 1.165) is 36.9 Å². The smallest absolute Gasteiger partial charge is 0.122 e. The predicted octanol–water partition coefficient (Wildman–Crippen LogP) is 5.09. The van der Waals surface area contributed by atoms with Crippen molar-refractivity contribution in [2.45, 2.75) is 32.5 Å². The number of rotatable bonds is 3. The first kappa shape index (κ1) is 17.9. The van der Waals surface area contributed by atoms with Crippen LogP contribution in [0.15, 0.2) is 48.5 Å². The number of fused-ring (bicyclic) bond motifs is 2. The van der Waals surface area contributed by atoms with Gasteiger partial charge in [0, 0.05) is 0 Å². The molecule has 0 saturated carbocycles. The lowest BCUT2D eigenvalue weighted by Gasteiger charge is -2.00. The fourth-order valence-corrected chi connectivity index (χ4v) is 4.22. The van der Waals surface area contributed by atoms with Crippen LogP contribution in [0.4, 0.5) is 0 Å². The third kappa shape index (κ3) is 4.22. The Hall–Kier alpha value is -1.86. The minimum atomic E-state index is -0.456. The maximum absolute atomic E-state index is 9.58. The van der Waals surface area contributed by atoms with Gasteiger partial charge in [-0.15, -0.1) is 22.7 Å². The molecule has 0 aliphatic rings. The Bertz CT molecular complexity index is 896. The highest BCUT2D eigenvalue weighted by atomic mass is 32.1. The van der Waals surface area contributed by atoms with E-state index in [-0.39, 0.29) is 0 Å². The van der Waals surface area contributed by atoms with Gasteiger partial charge in [0.1, 0.15) is 22.2 Å². The van der Waals surface area contributed by atoms with Gasteiger partial charge in [-0.1, -0.05) is 31.2 Å². The average molecular weight is 373 g/mol. The second-order valence-electron chi connectivity index (χ2n) is 5.64. The van der Waals surface area contributed by atoms with Gasteiger partial charge in [-0.3, -0.25) is 0 Å². The normalized spacial score (nSPS) is 13.4. The van der Waals surface area contributed by atoms with E-state index in [2.05, 4.69) is 9.97 Å². The van der Waals surface area contributed by atoms with Gasteiger partial charge in [0.2, 0.25) is 0 Å². The van der Waals surface area contributed by atoms with Crippen LogP contribution in [0.1, 0.15) is 42.5 Å². The summed E-state index contributed by atoms with van der Waals surface area (Å²) in [5, 5.41) is 20.5. The summed E-state index contributed by atoms with van der Waals surface area (Å²) in [5.41, 5.74) is 1.95. The van der Waals surface area contributed by atoms with Gasteiger partial charge in [0.15, 0.2) is 0 Å². The molecular formula is C19H20N2O2S2. The van der Waals surface area contributed by atoms with E-state index in [1.165, 1.54) is 0 Å². The maximum atomic E-state index is 9.58. The van der Waals surface area contributed by atoms with E-state index in [1.807, 2.05) is 55.5 Å². The van der Waals surface area contributed by atoms with E-state index in [4.69, 9.17) is 0 Å². The number of thiazole rings is 2. The molecule has 4 rings (SSSR count). The van der Waals surface area contributed by atoms with Crippen molar-refractivity contribution in [3.05, 3.63) is 58.5 Å². The zero-order chi connectivity index (χ0) is 17.8.